The van der Waals surface area contributed by atoms with Crippen LogP contribution in [0.5, 0.6) is 0 Å². The van der Waals surface area contributed by atoms with Gasteiger partial charge in [0.15, 0.2) is 0 Å². The van der Waals surface area contributed by atoms with E-state index in [1.54, 1.807) is 18.2 Å². The van der Waals surface area contributed by atoms with Crippen molar-refractivity contribution in [2.45, 2.75) is 25.3 Å². The molecule has 1 fully saturated rings. The van der Waals surface area contributed by atoms with Gasteiger partial charge in [-0.25, -0.2) is 4.39 Å². The number of halogens is 7. The predicted molar refractivity (Wildman–Crippen MR) is 131 cm³/mol. The van der Waals surface area contributed by atoms with Crippen LogP contribution in [0.1, 0.15) is 28.7 Å². The molecule has 4 rings (SSSR count). The van der Waals surface area contributed by atoms with E-state index in [2.05, 4.69) is 10.4 Å². The number of hydrogen-bond donors (Lipinski definition) is 1. The first kappa shape index (κ1) is 28.6. The lowest BCUT2D eigenvalue weighted by Crippen LogP contribution is -2.31. The molecule has 1 saturated heterocycles. The summed E-state index contributed by atoms with van der Waals surface area (Å²) >= 11 is 0.775. The fraction of sp³-hybridized carbons (Fsp3) is 0.320. The number of imide groups is 1. The Morgan fingerprint density at radius 3 is 2.44 bits per heavy atom. The van der Waals surface area contributed by atoms with Crippen molar-refractivity contribution in [3.63, 3.8) is 0 Å². The monoisotopic (exact) mass is 574 g/mol. The Bertz CT molecular complexity index is 1420. The number of rotatable bonds is 9. The quantitative estimate of drug-likeness (QED) is 0.190. The molecule has 0 radical (unpaired) electrons. The second-order valence-electron chi connectivity index (χ2n) is 8.61. The molecule has 1 aliphatic heterocycles. The molecule has 2 amide bonds. The molecule has 0 aliphatic carbocycles. The average molecular weight is 575 g/mol. The van der Waals surface area contributed by atoms with Crippen LogP contribution in [0.25, 0.3) is 17.0 Å². The molecular weight excluding hydrogens is 553 g/mol. The van der Waals surface area contributed by atoms with Gasteiger partial charge >= 0.3 is 12.4 Å². The first-order chi connectivity index (χ1) is 18.4. The van der Waals surface area contributed by atoms with Gasteiger partial charge in [0.05, 0.1) is 34.3 Å². The molecule has 0 unspecified atom stereocenters. The zero-order valence-corrected chi connectivity index (χ0v) is 20.9. The molecule has 6 nitrogen and oxygen atoms in total. The van der Waals surface area contributed by atoms with Crippen molar-refractivity contribution in [3.8, 4) is 0 Å². The Hall–Kier alpha value is -3.39. The third-order valence-electron chi connectivity index (χ3n) is 5.91. The molecule has 1 aliphatic rings. The maximum Gasteiger partial charge on any atom is 0.416 e. The Labute approximate surface area is 221 Å². The Morgan fingerprint density at radius 2 is 1.74 bits per heavy atom. The second-order valence-corrected chi connectivity index (χ2v) is 9.61. The zero-order valence-electron chi connectivity index (χ0n) is 20.1. The third-order valence-corrected chi connectivity index (χ3v) is 6.81. The Balaban J connectivity index is 1.53. The first-order valence-corrected chi connectivity index (χ1v) is 12.4. The molecule has 208 valence electrons. The van der Waals surface area contributed by atoms with Gasteiger partial charge in [0.25, 0.3) is 11.1 Å². The molecule has 2 heterocycles. The lowest BCUT2D eigenvalue weighted by atomic mass is 10.0. The van der Waals surface area contributed by atoms with Crippen molar-refractivity contribution in [1.82, 2.24) is 20.0 Å². The minimum absolute atomic E-state index is 0.0900. The van der Waals surface area contributed by atoms with E-state index in [4.69, 9.17) is 0 Å². The summed E-state index contributed by atoms with van der Waals surface area (Å²) in [6.45, 7) is -0.125. The standard InChI is InChI=1S/C25H21F7N4O2S/c26-6-8-33-7-1-9-35-22(37)21(39-23(35)38)11-15-2-5-20-17(10-15)13-34-36(20)14-16-3-4-18(24(27,28)29)12-19(16)25(30,31)32/h2-5,10-13,33H,1,6-9,14H2. The van der Waals surface area contributed by atoms with E-state index < -0.39 is 47.8 Å². The number of hydrogen-bond acceptors (Lipinski definition) is 5. The van der Waals surface area contributed by atoms with Crippen LogP contribution in [0.2, 0.25) is 0 Å². The van der Waals surface area contributed by atoms with Crippen LogP contribution < -0.4 is 5.32 Å². The second kappa shape index (κ2) is 11.4. The number of benzene rings is 2. The zero-order chi connectivity index (χ0) is 28.4. The minimum atomic E-state index is -5.00. The molecule has 3 aromatic rings. The molecule has 39 heavy (non-hydrogen) atoms. The van der Waals surface area contributed by atoms with Gasteiger partial charge in [-0.2, -0.15) is 31.4 Å². The lowest BCUT2D eigenvalue weighted by molar-refractivity contribution is -0.143. The van der Waals surface area contributed by atoms with Crippen LogP contribution in [0, 0.1) is 0 Å². The van der Waals surface area contributed by atoms with Crippen LogP contribution in [0.15, 0.2) is 47.5 Å². The van der Waals surface area contributed by atoms with Crippen LogP contribution in [0.3, 0.4) is 0 Å². The van der Waals surface area contributed by atoms with E-state index in [0.717, 1.165) is 22.7 Å². The van der Waals surface area contributed by atoms with Crippen molar-refractivity contribution in [1.29, 1.82) is 0 Å². The highest BCUT2D eigenvalue weighted by molar-refractivity contribution is 8.18. The van der Waals surface area contributed by atoms with Crippen LogP contribution in [-0.2, 0) is 23.7 Å². The number of carbonyl (C=O) groups excluding carboxylic acids is 2. The van der Waals surface area contributed by atoms with Gasteiger partial charge in [-0.3, -0.25) is 19.2 Å². The maximum atomic E-state index is 13.5. The van der Waals surface area contributed by atoms with Crippen molar-refractivity contribution >= 4 is 39.9 Å². The van der Waals surface area contributed by atoms with Crippen molar-refractivity contribution in [2.75, 3.05) is 26.3 Å². The lowest BCUT2D eigenvalue weighted by Gasteiger charge is -2.16. The number of alkyl halides is 7. The molecule has 0 bridgehead atoms. The van der Waals surface area contributed by atoms with Gasteiger partial charge in [-0.05, 0) is 66.2 Å². The molecule has 0 spiro atoms. The van der Waals surface area contributed by atoms with E-state index in [1.165, 1.54) is 17.0 Å². The summed E-state index contributed by atoms with van der Waals surface area (Å²) in [5.74, 6) is -0.465. The highest BCUT2D eigenvalue weighted by Gasteiger charge is 2.38. The molecule has 0 atom stereocenters. The largest absolute Gasteiger partial charge is 0.416 e. The van der Waals surface area contributed by atoms with E-state index >= 15 is 0 Å². The topological polar surface area (TPSA) is 67.2 Å². The average Bonchev–Trinajstić information content (AvgIpc) is 3.37. The van der Waals surface area contributed by atoms with Gasteiger partial charge in [-0.1, -0.05) is 12.1 Å². The van der Waals surface area contributed by atoms with Gasteiger partial charge in [0.2, 0.25) is 0 Å². The number of thioether (sulfide) groups is 1. The normalized spacial score (nSPS) is 15.8. The number of amides is 2. The highest BCUT2D eigenvalue weighted by Crippen LogP contribution is 2.38. The summed E-state index contributed by atoms with van der Waals surface area (Å²) < 4.78 is 92.9. The summed E-state index contributed by atoms with van der Waals surface area (Å²) in [7, 11) is 0. The highest BCUT2D eigenvalue weighted by atomic mass is 32.2. The Morgan fingerprint density at radius 1 is 0.974 bits per heavy atom. The molecule has 14 heteroatoms. The van der Waals surface area contributed by atoms with Crippen molar-refractivity contribution in [3.05, 3.63) is 69.8 Å². The van der Waals surface area contributed by atoms with Crippen molar-refractivity contribution < 1.29 is 40.3 Å². The number of nitrogens with one attached hydrogen (secondary N) is 1. The molecule has 0 saturated carbocycles. The van der Waals surface area contributed by atoms with Gasteiger partial charge < -0.3 is 5.32 Å². The van der Waals surface area contributed by atoms with E-state index in [-0.39, 0.29) is 29.6 Å². The van der Waals surface area contributed by atoms with Gasteiger partial charge in [0, 0.05) is 18.5 Å². The van der Waals surface area contributed by atoms with Crippen LogP contribution >= 0.6 is 11.8 Å². The van der Waals surface area contributed by atoms with E-state index in [9.17, 15) is 40.3 Å². The molecular formula is C25H21F7N4O2S. The molecule has 1 N–H and O–H groups in total. The van der Waals surface area contributed by atoms with Crippen LogP contribution in [0.4, 0.5) is 35.5 Å². The summed E-state index contributed by atoms with van der Waals surface area (Å²) in [6.07, 6.45) is -6.55. The SMILES string of the molecule is O=C1SC(=Cc2ccc3c(cnn3Cc3ccc(C(F)(F)F)cc3C(F)(F)F)c2)C(=O)N1CCCNCCF. The minimum Gasteiger partial charge on any atom is -0.314 e. The first-order valence-electron chi connectivity index (χ1n) is 11.6. The fourth-order valence-electron chi connectivity index (χ4n) is 4.04. The summed E-state index contributed by atoms with van der Waals surface area (Å²) in [6, 6.07) is 6.26. The summed E-state index contributed by atoms with van der Waals surface area (Å²) in [5, 5.41) is 7.02. The van der Waals surface area contributed by atoms with Gasteiger partial charge in [-0.15, -0.1) is 0 Å². The fourth-order valence-corrected chi connectivity index (χ4v) is 4.90. The Kier molecular flexibility index (Phi) is 8.35. The number of carbonyl (C=O) groups is 2. The predicted octanol–water partition coefficient (Wildman–Crippen LogP) is 6.11. The number of aromatic nitrogens is 2. The molecule has 2 aromatic carbocycles. The summed E-state index contributed by atoms with van der Waals surface area (Å²) in [4.78, 5) is 26.2. The number of fused-ring (bicyclic) bond motifs is 1. The van der Waals surface area contributed by atoms with Crippen molar-refractivity contribution in [2.24, 2.45) is 0 Å². The number of nitrogens with zero attached hydrogens (tertiary/aromatic N) is 3. The van der Waals surface area contributed by atoms with Crippen LogP contribution in [-0.4, -0.2) is 52.1 Å². The van der Waals surface area contributed by atoms with E-state index in [1.807, 2.05) is 0 Å². The van der Waals surface area contributed by atoms with E-state index in [0.29, 0.717) is 35.5 Å². The maximum absolute atomic E-state index is 13.5. The molecule has 1 aromatic heterocycles. The van der Waals surface area contributed by atoms with Gasteiger partial charge in [0.1, 0.15) is 6.67 Å². The third kappa shape index (κ3) is 6.61. The summed E-state index contributed by atoms with van der Waals surface area (Å²) in [5.41, 5.74) is -2.20. The smallest absolute Gasteiger partial charge is 0.314 e.